The average Bonchev–Trinajstić information content (AvgIpc) is 1.57. The van der Waals surface area contributed by atoms with E-state index in [9.17, 15) is 0 Å². The Bertz CT molecular complexity index is 6150. The smallest absolute Gasteiger partial charge is 0.235 e. The Balaban J connectivity index is 0.787. The Morgan fingerprint density at radius 1 is 0.181 bits per heavy atom. The van der Waals surface area contributed by atoms with Crippen LogP contribution >= 0.6 is 0 Å². The molecule has 19 aromatic rings. The van der Waals surface area contributed by atoms with E-state index in [1.807, 2.05) is 0 Å². The number of rotatable bonds is 10. The molecule has 0 saturated carbocycles. The highest BCUT2D eigenvalue weighted by Gasteiger charge is 2.24. The van der Waals surface area contributed by atoms with Gasteiger partial charge >= 0.3 is 0 Å². The minimum atomic E-state index is 0.584. The van der Waals surface area contributed by atoms with Gasteiger partial charge in [0.2, 0.25) is 5.95 Å². The lowest BCUT2D eigenvalue weighted by Gasteiger charge is -2.18. The van der Waals surface area contributed by atoms with Crippen LogP contribution in [0.15, 0.2) is 340 Å². The summed E-state index contributed by atoms with van der Waals surface area (Å²) in [6.45, 7) is 0. The van der Waals surface area contributed by atoms with E-state index >= 15 is 0 Å². The third kappa shape index (κ3) is 8.51. The van der Waals surface area contributed by atoms with E-state index in [1.54, 1.807) is 0 Å². The van der Waals surface area contributed by atoms with Crippen LogP contribution in [0.1, 0.15) is 0 Å². The van der Waals surface area contributed by atoms with Gasteiger partial charge in [0.1, 0.15) is 0 Å². The van der Waals surface area contributed by atoms with E-state index in [2.05, 4.69) is 358 Å². The van der Waals surface area contributed by atoms with Crippen molar-refractivity contribution in [1.29, 1.82) is 0 Å². The van der Waals surface area contributed by atoms with E-state index in [-0.39, 0.29) is 0 Å². The van der Waals surface area contributed by atoms with Crippen LogP contribution in [0.4, 0.5) is 0 Å². The van der Waals surface area contributed by atoms with Gasteiger partial charge in [0, 0.05) is 71.3 Å². The molecule has 0 N–H and O–H groups in total. The van der Waals surface area contributed by atoms with Gasteiger partial charge in [-0.05, 0) is 160 Å². The van der Waals surface area contributed by atoms with Crippen LogP contribution in [0, 0.1) is 0 Å². The van der Waals surface area contributed by atoms with Crippen LogP contribution in [-0.4, -0.2) is 28.2 Å². The molecule has 19 rings (SSSR count). The first-order valence-electron chi connectivity index (χ1n) is 32.1. The first kappa shape index (κ1) is 53.2. The Labute approximate surface area is 542 Å². The second kappa shape index (κ2) is 21.5. The maximum atomic E-state index is 5.79. The number of hydrogen-bond donors (Lipinski definition) is 0. The van der Waals surface area contributed by atoms with Crippen LogP contribution in [0.25, 0.3) is 177 Å². The molecule has 0 spiro atoms. The summed E-state index contributed by atoms with van der Waals surface area (Å²) >= 11 is 0. The molecule has 0 atom stereocenters. The molecule has 0 amide bonds. The van der Waals surface area contributed by atoms with Crippen molar-refractivity contribution < 1.29 is 0 Å². The highest BCUT2D eigenvalue weighted by Crippen LogP contribution is 2.45. The second-order valence-electron chi connectivity index (χ2n) is 24.5. The van der Waals surface area contributed by atoms with Crippen molar-refractivity contribution in [2.45, 2.75) is 0 Å². The van der Waals surface area contributed by atoms with Crippen molar-refractivity contribution >= 4 is 87.2 Å². The zero-order chi connectivity index (χ0) is 61.8. The highest BCUT2D eigenvalue weighted by atomic mass is 15.2. The van der Waals surface area contributed by atoms with Crippen molar-refractivity contribution in [2.24, 2.45) is 0 Å². The minimum absolute atomic E-state index is 0.584. The van der Waals surface area contributed by atoms with Crippen LogP contribution in [0.2, 0.25) is 0 Å². The molecule has 5 heterocycles. The van der Waals surface area contributed by atoms with E-state index in [0.717, 1.165) is 106 Å². The molecule has 438 valence electrons. The second-order valence-corrected chi connectivity index (χ2v) is 24.5. The van der Waals surface area contributed by atoms with Gasteiger partial charge in [0.05, 0.1) is 55.5 Å². The van der Waals surface area contributed by atoms with Gasteiger partial charge in [-0.1, -0.05) is 224 Å². The molecule has 5 aromatic heterocycles. The molecule has 0 aliphatic carbocycles. The topological polar surface area (TPSA) is 45.5 Å². The number of fused-ring (bicyclic) bond motifs is 12. The molecule has 0 radical (unpaired) electrons. The summed E-state index contributed by atoms with van der Waals surface area (Å²) in [6.07, 6.45) is 0. The summed E-state index contributed by atoms with van der Waals surface area (Å²) in [5.41, 5.74) is 25.0. The summed E-state index contributed by atoms with van der Waals surface area (Å²) < 4.78 is 9.44. The van der Waals surface area contributed by atoms with E-state index in [1.165, 1.54) is 65.5 Å². The standard InChI is InChI=1S/C88H56N6/c1-5-23-57(24-6-1)67-37-22-38-68(58-25-7-2-8-26-58)87(67)78-56-77(89-88(90-78)94-82-42-20-16-36-72(82)76-55-62(46-50-86(76)94)60-44-48-84-74(53-60)70-34-14-18-40-80(70)92(84)65-30-11-4-12-31-65)63-27-21-32-66(51-63)93-81-41-19-15-35-71(81)75-54-61(45-49-85(75)93)59-43-47-83-73(52-59)69-33-13-17-39-79(69)91(83)64-28-9-3-10-29-64/h1-56H. The van der Waals surface area contributed by atoms with E-state index in [4.69, 9.17) is 9.97 Å². The fourth-order valence-electron chi connectivity index (χ4n) is 15.0. The van der Waals surface area contributed by atoms with E-state index < -0.39 is 0 Å². The summed E-state index contributed by atoms with van der Waals surface area (Å²) in [6, 6.07) is 123. The summed E-state index contributed by atoms with van der Waals surface area (Å²) in [5, 5.41) is 9.53. The van der Waals surface area contributed by atoms with E-state index in [0.29, 0.717) is 5.95 Å². The molecule has 94 heavy (non-hydrogen) atoms. The SMILES string of the molecule is c1ccc(-c2cccc(-c3ccccc3)c2-c2cc(-c3cccc(-n4c5ccccc5c5cc(-c6ccc7c(c6)c6ccccc6n7-c6ccccc6)ccc54)c3)nc(-n3c4ccccc4c4cc(-c5ccc6c(c5)c5ccccc5n6-c5ccccc5)ccc43)n2)cc1. The first-order chi connectivity index (χ1) is 46.6. The zero-order valence-corrected chi connectivity index (χ0v) is 51.0. The molecule has 6 heteroatoms. The Morgan fingerprint density at radius 2 is 0.489 bits per heavy atom. The van der Waals surface area contributed by atoms with Crippen molar-refractivity contribution in [1.82, 2.24) is 28.2 Å². The Kier molecular flexibility index (Phi) is 12.2. The number of nitrogens with zero attached hydrogens (tertiary/aromatic N) is 6. The van der Waals surface area contributed by atoms with Crippen molar-refractivity contribution in [3.8, 4) is 90.0 Å². The molecule has 0 saturated heterocycles. The summed E-state index contributed by atoms with van der Waals surface area (Å²) in [7, 11) is 0. The Hall–Kier alpha value is -12.6. The maximum Gasteiger partial charge on any atom is 0.235 e. The predicted molar refractivity (Wildman–Crippen MR) is 392 cm³/mol. The molecule has 6 nitrogen and oxygen atoms in total. The van der Waals surface area contributed by atoms with Gasteiger partial charge in [0.15, 0.2) is 0 Å². The highest BCUT2D eigenvalue weighted by molar-refractivity contribution is 6.15. The fourth-order valence-corrected chi connectivity index (χ4v) is 15.0. The van der Waals surface area contributed by atoms with Crippen molar-refractivity contribution in [2.75, 3.05) is 0 Å². The molecule has 0 aliphatic rings. The molecule has 0 fully saturated rings. The van der Waals surface area contributed by atoms with Gasteiger partial charge in [-0.2, -0.15) is 0 Å². The lowest BCUT2D eigenvalue weighted by molar-refractivity contribution is 0.995. The van der Waals surface area contributed by atoms with Crippen LogP contribution < -0.4 is 0 Å². The van der Waals surface area contributed by atoms with Gasteiger partial charge in [0.25, 0.3) is 0 Å². The number of hydrogen-bond acceptors (Lipinski definition) is 2. The predicted octanol–water partition coefficient (Wildman–Crippen LogP) is 22.9. The monoisotopic (exact) mass is 1200 g/mol. The van der Waals surface area contributed by atoms with Gasteiger partial charge < -0.3 is 13.7 Å². The lowest BCUT2D eigenvalue weighted by atomic mass is 9.89. The van der Waals surface area contributed by atoms with Crippen LogP contribution in [0.5, 0.6) is 0 Å². The molecule has 14 aromatic carbocycles. The lowest BCUT2D eigenvalue weighted by Crippen LogP contribution is -2.05. The quantitative estimate of drug-likeness (QED) is 0.137. The maximum absolute atomic E-state index is 5.79. The number of aromatic nitrogens is 6. The Morgan fingerprint density at radius 3 is 0.915 bits per heavy atom. The van der Waals surface area contributed by atoms with Gasteiger partial charge in [-0.3, -0.25) is 4.57 Å². The van der Waals surface area contributed by atoms with Gasteiger partial charge in [-0.15, -0.1) is 0 Å². The molecular formula is C88H56N6. The molecule has 0 aliphatic heterocycles. The zero-order valence-electron chi connectivity index (χ0n) is 51.0. The number of benzene rings is 14. The first-order valence-corrected chi connectivity index (χ1v) is 32.1. The van der Waals surface area contributed by atoms with Gasteiger partial charge in [-0.25, -0.2) is 9.97 Å². The molecule has 0 bridgehead atoms. The van der Waals surface area contributed by atoms with Crippen LogP contribution in [0.3, 0.4) is 0 Å². The molecule has 0 unspecified atom stereocenters. The van der Waals surface area contributed by atoms with Crippen molar-refractivity contribution in [3.63, 3.8) is 0 Å². The third-order valence-electron chi connectivity index (χ3n) is 19.2. The fraction of sp³-hybridized carbons (Fsp3) is 0. The minimum Gasteiger partial charge on any atom is -0.309 e. The largest absolute Gasteiger partial charge is 0.309 e. The normalized spacial score (nSPS) is 11.8. The number of para-hydroxylation sites is 6. The average molecular weight is 1200 g/mol. The van der Waals surface area contributed by atoms with Crippen molar-refractivity contribution in [3.05, 3.63) is 340 Å². The summed E-state index contributed by atoms with van der Waals surface area (Å²) in [5.74, 6) is 0.584. The third-order valence-corrected chi connectivity index (χ3v) is 19.2. The molecular weight excluding hydrogens is 1140 g/mol. The summed E-state index contributed by atoms with van der Waals surface area (Å²) in [4.78, 5) is 11.5. The van der Waals surface area contributed by atoms with Crippen LogP contribution in [-0.2, 0) is 0 Å².